The summed E-state index contributed by atoms with van der Waals surface area (Å²) in [4.78, 5) is 29.8. The van der Waals surface area contributed by atoms with E-state index < -0.39 is 35.0 Å². The van der Waals surface area contributed by atoms with Crippen LogP contribution >= 0.6 is 0 Å². The average molecular weight is 576 g/mol. The maximum absolute atomic E-state index is 15.1. The highest BCUT2D eigenvalue weighted by Crippen LogP contribution is 2.75. The molecule has 0 saturated heterocycles. The highest BCUT2D eigenvalue weighted by molar-refractivity contribution is 5.92. The lowest BCUT2D eigenvalue weighted by Gasteiger charge is -2.39. The number of rotatable bonds is 9. The second kappa shape index (κ2) is 8.96. The highest BCUT2D eigenvalue weighted by atomic mass is 19.3. The normalized spacial score (nSPS) is 28.6. The third kappa shape index (κ3) is 4.28. The number of hydrogen-bond acceptors (Lipinski definition) is 7. The molecule has 3 aromatic heterocycles. The summed E-state index contributed by atoms with van der Waals surface area (Å²) in [5.74, 6) is -7.87. The van der Waals surface area contributed by atoms with E-state index in [2.05, 4.69) is 35.7 Å². The molecular formula is C27H29F4N7O3. The van der Waals surface area contributed by atoms with Crippen molar-refractivity contribution in [2.75, 3.05) is 6.54 Å². The smallest absolute Gasteiger partial charge is 0.275 e. The van der Waals surface area contributed by atoms with Gasteiger partial charge in [0.25, 0.3) is 11.8 Å². The number of aromatic nitrogens is 5. The Kier molecular flexibility index (Phi) is 5.75. The maximum atomic E-state index is 15.1. The van der Waals surface area contributed by atoms with Gasteiger partial charge in [0.15, 0.2) is 11.3 Å². The van der Waals surface area contributed by atoms with Crippen molar-refractivity contribution in [3.05, 3.63) is 41.1 Å². The average Bonchev–Trinajstić information content (AvgIpc) is 3.52. The van der Waals surface area contributed by atoms with Crippen molar-refractivity contribution in [3.63, 3.8) is 0 Å². The summed E-state index contributed by atoms with van der Waals surface area (Å²) in [6.07, 6.45) is 4.74. The predicted molar refractivity (Wildman–Crippen MR) is 133 cm³/mol. The minimum absolute atomic E-state index is 0.0688. The SMILES string of the molecule is Cc1nonc1C(=O)NCC1CC2C(F)(F)C2(c2cn3ncc(CNC(=O)[C@H](C4CC4)C4CC(F)(F)C4)cc3n2)C1. The summed E-state index contributed by atoms with van der Waals surface area (Å²) in [7, 11) is 0. The molecule has 4 aliphatic carbocycles. The van der Waals surface area contributed by atoms with E-state index in [9.17, 15) is 18.4 Å². The van der Waals surface area contributed by atoms with E-state index in [0.717, 1.165) is 12.8 Å². The Bertz CT molecular complexity index is 1530. The topological polar surface area (TPSA) is 127 Å². The Morgan fingerprint density at radius 2 is 1.90 bits per heavy atom. The molecule has 4 fully saturated rings. The van der Waals surface area contributed by atoms with Crippen molar-refractivity contribution in [2.24, 2.45) is 29.6 Å². The molecule has 0 radical (unpaired) electrons. The summed E-state index contributed by atoms with van der Waals surface area (Å²) >= 11 is 0. The second-order valence-electron chi connectivity index (χ2n) is 12.3. The largest absolute Gasteiger partial charge is 0.352 e. The van der Waals surface area contributed by atoms with Crippen molar-refractivity contribution in [2.45, 2.75) is 69.3 Å². The first-order chi connectivity index (χ1) is 19.5. The molecule has 4 atom stereocenters. The van der Waals surface area contributed by atoms with Crippen LogP contribution in [0.15, 0.2) is 23.1 Å². The van der Waals surface area contributed by atoms with Crippen LogP contribution in [0.2, 0.25) is 0 Å². The molecule has 0 spiro atoms. The summed E-state index contributed by atoms with van der Waals surface area (Å²) in [6.45, 7) is 1.95. The highest BCUT2D eigenvalue weighted by Gasteiger charge is 2.84. The zero-order chi connectivity index (χ0) is 28.7. The molecule has 0 aromatic carbocycles. The lowest BCUT2D eigenvalue weighted by Crippen LogP contribution is -2.46. The maximum Gasteiger partial charge on any atom is 0.275 e. The van der Waals surface area contributed by atoms with Gasteiger partial charge in [-0.3, -0.25) is 9.59 Å². The van der Waals surface area contributed by atoms with Crippen LogP contribution in [-0.2, 0) is 16.8 Å². The monoisotopic (exact) mass is 575 g/mol. The van der Waals surface area contributed by atoms with Crippen molar-refractivity contribution in [1.29, 1.82) is 0 Å². The zero-order valence-corrected chi connectivity index (χ0v) is 22.2. The number of halogens is 4. The molecule has 41 heavy (non-hydrogen) atoms. The van der Waals surface area contributed by atoms with Gasteiger partial charge in [-0.1, -0.05) is 5.16 Å². The van der Waals surface area contributed by atoms with Crippen LogP contribution in [0.5, 0.6) is 0 Å². The van der Waals surface area contributed by atoms with Crippen molar-refractivity contribution < 1.29 is 31.8 Å². The number of aryl methyl sites for hydroxylation is 1. The molecule has 7 rings (SSSR count). The Balaban J connectivity index is 1.01. The molecule has 10 nitrogen and oxygen atoms in total. The number of alkyl halides is 4. The van der Waals surface area contributed by atoms with Crippen LogP contribution in [0.4, 0.5) is 17.6 Å². The molecule has 0 aliphatic heterocycles. The molecule has 14 heteroatoms. The lowest BCUT2D eigenvalue weighted by atomic mass is 9.71. The molecule has 2 N–H and O–H groups in total. The molecule has 3 unspecified atom stereocenters. The Morgan fingerprint density at radius 3 is 2.59 bits per heavy atom. The number of imidazole rings is 1. The molecule has 4 aliphatic rings. The third-order valence-electron chi connectivity index (χ3n) is 9.51. The van der Waals surface area contributed by atoms with Gasteiger partial charge in [-0.25, -0.2) is 31.7 Å². The Hall–Kier alpha value is -3.58. The van der Waals surface area contributed by atoms with Gasteiger partial charge in [0.05, 0.1) is 23.5 Å². The molecule has 3 aromatic rings. The van der Waals surface area contributed by atoms with Gasteiger partial charge in [0.1, 0.15) is 5.69 Å². The molecule has 4 saturated carbocycles. The van der Waals surface area contributed by atoms with E-state index >= 15 is 8.78 Å². The molecular weight excluding hydrogens is 546 g/mol. The van der Waals surface area contributed by atoms with E-state index in [1.165, 1.54) is 16.9 Å². The molecule has 2 amide bonds. The van der Waals surface area contributed by atoms with E-state index in [-0.39, 0.29) is 73.8 Å². The van der Waals surface area contributed by atoms with E-state index in [1.807, 2.05) is 0 Å². The fraction of sp³-hybridized carbons (Fsp3) is 0.630. The molecule has 218 valence electrons. The van der Waals surface area contributed by atoms with Gasteiger partial charge in [0, 0.05) is 37.8 Å². The van der Waals surface area contributed by atoms with Gasteiger partial charge >= 0.3 is 0 Å². The van der Waals surface area contributed by atoms with Crippen LogP contribution in [0, 0.1) is 36.5 Å². The van der Waals surface area contributed by atoms with E-state index in [0.29, 0.717) is 16.9 Å². The minimum atomic E-state index is -2.91. The fourth-order valence-corrected chi connectivity index (χ4v) is 7.16. The number of amides is 2. The van der Waals surface area contributed by atoms with Gasteiger partial charge in [-0.2, -0.15) is 5.10 Å². The van der Waals surface area contributed by atoms with Crippen LogP contribution in [-0.4, -0.2) is 55.1 Å². The number of nitrogens with zero attached hydrogens (tertiary/aromatic N) is 5. The zero-order valence-electron chi connectivity index (χ0n) is 22.2. The first kappa shape index (κ1) is 26.3. The summed E-state index contributed by atoms with van der Waals surface area (Å²) in [6, 6.07) is 1.69. The summed E-state index contributed by atoms with van der Waals surface area (Å²) in [5, 5.41) is 17.1. The van der Waals surface area contributed by atoms with Crippen molar-refractivity contribution in [1.82, 2.24) is 35.5 Å². The van der Waals surface area contributed by atoms with Crippen molar-refractivity contribution in [3.8, 4) is 0 Å². The van der Waals surface area contributed by atoms with Gasteiger partial charge < -0.3 is 10.6 Å². The Labute approximate surface area is 231 Å². The standard InChI is InChI=1S/C27H29F4N7O3/c1-13-22(37-41-36-13)24(40)33-9-14-4-18-26(6-14,27(18,30)31)19-12-38-20(35-19)5-15(11-34-38)10-32-23(39)21(16-2-3-16)17-7-25(28,29)8-17/h5,11-12,14,16-18,21H,2-4,6-10H2,1H3,(H,32,39)(H,33,40)/t14?,18?,21-,26?/m1/s1. The van der Waals surface area contributed by atoms with Gasteiger partial charge in [0.2, 0.25) is 11.8 Å². The summed E-state index contributed by atoms with van der Waals surface area (Å²) in [5.41, 5.74) is 0.272. The van der Waals surface area contributed by atoms with Gasteiger partial charge in [-0.05, 0) is 67.1 Å². The van der Waals surface area contributed by atoms with Crippen LogP contribution in [0.25, 0.3) is 5.65 Å². The first-order valence-electron chi connectivity index (χ1n) is 13.9. The molecule has 0 bridgehead atoms. The summed E-state index contributed by atoms with van der Waals surface area (Å²) < 4.78 is 63.0. The van der Waals surface area contributed by atoms with Crippen LogP contribution < -0.4 is 10.6 Å². The number of fused-ring (bicyclic) bond motifs is 2. The predicted octanol–water partition coefficient (Wildman–Crippen LogP) is 3.45. The number of hydrogen-bond donors (Lipinski definition) is 2. The number of carbonyl (C=O) groups excluding carboxylic acids is 2. The van der Waals surface area contributed by atoms with Gasteiger partial charge in [-0.15, -0.1) is 0 Å². The van der Waals surface area contributed by atoms with E-state index in [1.54, 1.807) is 13.0 Å². The third-order valence-corrected chi connectivity index (χ3v) is 9.51. The molecule has 3 heterocycles. The minimum Gasteiger partial charge on any atom is -0.352 e. The fourth-order valence-electron chi connectivity index (χ4n) is 7.16. The first-order valence-corrected chi connectivity index (χ1v) is 13.9. The second-order valence-corrected chi connectivity index (χ2v) is 12.3. The number of carbonyl (C=O) groups is 2. The van der Waals surface area contributed by atoms with Crippen molar-refractivity contribution >= 4 is 17.5 Å². The quantitative estimate of drug-likeness (QED) is 0.374. The van der Waals surface area contributed by atoms with E-state index in [4.69, 9.17) is 0 Å². The van der Waals surface area contributed by atoms with Crippen LogP contribution in [0.1, 0.15) is 66.0 Å². The lowest BCUT2D eigenvalue weighted by molar-refractivity contribution is -0.147. The number of nitrogens with one attached hydrogen (secondary N) is 2. The Morgan fingerprint density at radius 1 is 1.12 bits per heavy atom. The van der Waals surface area contributed by atoms with Crippen LogP contribution in [0.3, 0.4) is 0 Å².